The molecule has 1 saturated carbocycles. The van der Waals surface area contributed by atoms with Gasteiger partial charge in [-0.15, -0.1) is 0 Å². The summed E-state index contributed by atoms with van der Waals surface area (Å²) in [5.41, 5.74) is -0.120. The van der Waals surface area contributed by atoms with Crippen LogP contribution in [0.4, 0.5) is 0 Å². The smallest absolute Gasteiger partial charge is 0.305 e. The normalized spacial score (nSPS) is 48.9. The van der Waals surface area contributed by atoms with E-state index in [1.54, 1.807) is 6.92 Å². The molecule has 4 rings (SSSR count). The summed E-state index contributed by atoms with van der Waals surface area (Å²) in [4.78, 5) is 11.9. The molecular formula is C20H30O7. The van der Waals surface area contributed by atoms with E-state index in [9.17, 15) is 20.1 Å². The zero-order chi connectivity index (χ0) is 19.4. The van der Waals surface area contributed by atoms with E-state index in [1.807, 2.05) is 6.08 Å². The van der Waals surface area contributed by atoms with Crippen LogP contribution in [0.3, 0.4) is 0 Å². The second-order valence-electron chi connectivity index (χ2n) is 8.79. The monoisotopic (exact) mass is 382 g/mol. The minimum atomic E-state index is -0.850. The molecule has 2 aliphatic heterocycles. The van der Waals surface area contributed by atoms with E-state index in [2.05, 4.69) is 6.92 Å². The van der Waals surface area contributed by atoms with Crippen molar-refractivity contribution >= 4 is 5.97 Å². The highest BCUT2D eigenvalue weighted by molar-refractivity contribution is 5.69. The van der Waals surface area contributed by atoms with Crippen LogP contribution < -0.4 is 0 Å². The van der Waals surface area contributed by atoms with Crippen LogP contribution in [0.5, 0.6) is 0 Å². The van der Waals surface area contributed by atoms with Gasteiger partial charge in [-0.1, -0.05) is 25.5 Å². The van der Waals surface area contributed by atoms with Gasteiger partial charge in [-0.05, 0) is 18.8 Å². The fraction of sp³-hybridized carbons (Fsp3) is 0.850. The molecule has 8 atom stereocenters. The third-order valence-corrected chi connectivity index (χ3v) is 7.42. The van der Waals surface area contributed by atoms with Crippen molar-refractivity contribution in [1.82, 2.24) is 0 Å². The van der Waals surface area contributed by atoms with Gasteiger partial charge in [0.05, 0.1) is 37.4 Å². The maximum atomic E-state index is 11.9. The van der Waals surface area contributed by atoms with Gasteiger partial charge in [0, 0.05) is 24.2 Å². The van der Waals surface area contributed by atoms with Gasteiger partial charge in [-0.2, -0.15) is 0 Å². The lowest BCUT2D eigenvalue weighted by molar-refractivity contribution is -0.244. The minimum absolute atomic E-state index is 0.00705. The van der Waals surface area contributed by atoms with Crippen molar-refractivity contribution in [3.8, 4) is 0 Å². The Kier molecular flexibility index (Phi) is 4.88. The number of hydrogen-bond donors (Lipinski definition) is 3. The second kappa shape index (κ2) is 6.81. The van der Waals surface area contributed by atoms with E-state index in [1.165, 1.54) is 0 Å². The van der Waals surface area contributed by atoms with Gasteiger partial charge in [0.15, 0.2) is 6.29 Å². The van der Waals surface area contributed by atoms with E-state index < -0.39 is 29.3 Å². The first-order valence-corrected chi connectivity index (χ1v) is 9.96. The molecule has 0 spiro atoms. The highest BCUT2D eigenvalue weighted by Gasteiger charge is 2.64. The number of fused-ring (bicyclic) bond motifs is 5. The molecule has 152 valence electrons. The molecule has 2 aliphatic carbocycles. The zero-order valence-electron chi connectivity index (χ0n) is 16.0. The summed E-state index contributed by atoms with van der Waals surface area (Å²) in [7, 11) is 0. The first-order valence-electron chi connectivity index (χ1n) is 9.96. The summed E-state index contributed by atoms with van der Waals surface area (Å²) in [6, 6.07) is 0. The van der Waals surface area contributed by atoms with Gasteiger partial charge in [0.1, 0.15) is 6.10 Å². The fourth-order valence-electron chi connectivity index (χ4n) is 5.88. The molecular weight excluding hydrogens is 352 g/mol. The van der Waals surface area contributed by atoms with Crippen molar-refractivity contribution in [2.45, 2.75) is 64.1 Å². The average Bonchev–Trinajstić information content (AvgIpc) is 3.02. The van der Waals surface area contributed by atoms with Gasteiger partial charge in [0.25, 0.3) is 0 Å². The Labute approximate surface area is 159 Å². The highest BCUT2D eigenvalue weighted by Crippen LogP contribution is 2.59. The number of aliphatic hydroxyl groups is 3. The molecule has 0 aromatic heterocycles. The SMILES string of the molecule is CCC(=O)O[C@H]1CCC2C3C(OC[C@@]21CO)[C@@]1(C)CO[C@H](O)CC1=C[C@@H]3O. The third kappa shape index (κ3) is 2.78. The zero-order valence-corrected chi connectivity index (χ0v) is 16.0. The van der Waals surface area contributed by atoms with Crippen LogP contribution in [0.2, 0.25) is 0 Å². The molecule has 2 saturated heterocycles. The van der Waals surface area contributed by atoms with E-state index in [0.29, 0.717) is 25.9 Å². The van der Waals surface area contributed by atoms with E-state index in [-0.39, 0.29) is 37.1 Å². The van der Waals surface area contributed by atoms with Crippen molar-refractivity contribution in [2.75, 3.05) is 19.8 Å². The van der Waals surface area contributed by atoms with Crippen molar-refractivity contribution in [3.63, 3.8) is 0 Å². The number of hydrogen-bond acceptors (Lipinski definition) is 7. The van der Waals surface area contributed by atoms with Crippen molar-refractivity contribution < 1.29 is 34.3 Å². The number of rotatable bonds is 3. The van der Waals surface area contributed by atoms with Crippen LogP contribution >= 0.6 is 0 Å². The van der Waals surface area contributed by atoms with Crippen molar-refractivity contribution in [3.05, 3.63) is 11.6 Å². The third-order valence-electron chi connectivity index (χ3n) is 7.42. The van der Waals surface area contributed by atoms with Crippen LogP contribution in [-0.2, 0) is 19.0 Å². The number of carbonyl (C=O) groups is 1. The second-order valence-corrected chi connectivity index (χ2v) is 8.79. The lowest BCUT2D eigenvalue weighted by Gasteiger charge is -2.58. The van der Waals surface area contributed by atoms with Crippen LogP contribution in [0.1, 0.15) is 39.5 Å². The lowest BCUT2D eigenvalue weighted by atomic mass is 9.56. The molecule has 3 fully saturated rings. The van der Waals surface area contributed by atoms with Crippen LogP contribution in [0.25, 0.3) is 0 Å². The Morgan fingerprint density at radius 2 is 2.07 bits per heavy atom. The number of aliphatic hydroxyl groups excluding tert-OH is 3. The van der Waals surface area contributed by atoms with Gasteiger partial charge in [0.2, 0.25) is 0 Å². The summed E-state index contributed by atoms with van der Waals surface area (Å²) in [6.07, 6.45) is 1.72. The average molecular weight is 382 g/mol. The topological polar surface area (TPSA) is 105 Å². The summed E-state index contributed by atoms with van der Waals surface area (Å²) >= 11 is 0. The Balaban J connectivity index is 1.66. The van der Waals surface area contributed by atoms with E-state index in [4.69, 9.17) is 14.2 Å². The predicted molar refractivity (Wildman–Crippen MR) is 94.4 cm³/mol. The maximum absolute atomic E-state index is 11.9. The molecule has 7 heteroatoms. The van der Waals surface area contributed by atoms with E-state index >= 15 is 0 Å². The molecule has 0 radical (unpaired) electrons. The quantitative estimate of drug-likeness (QED) is 0.489. The molecule has 27 heavy (non-hydrogen) atoms. The van der Waals surface area contributed by atoms with E-state index in [0.717, 1.165) is 12.0 Å². The summed E-state index contributed by atoms with van der Waals surface area (Å²) < 4.78 is 17.5. The molecule has 7 nitrogen and oxygen atoms in total. The maximum Gasteiger partial charge on any atom is 0.305 e. The molecule has 0 bridgehead atoms. The lowest BCUT2D eigenvalue weighted by Crippen LogP contribution is -2.63. The van der Waals surface area contributed by atoms with Crippen LogP contribution in [0, 0.1) is 22.7 Å². The van der Waals surface area contributed by atoms with Gasteiger partial charge >= 0.3 is 5.97 Å². The number of carbonyl (C=O) groups excluding carboxylic acids is 1. The first-order chi connectivity index (χ1) is 12.9. The standard InChI is InChI=1S/C20H30O7/c1-3-15(23)27-14-5-4-12-17-13(22)6-11-7-16(24)25-9-19(11,2)18(17)26-10-20(12,14)8-21/h6,12-14,16-18,21-22,24H,3-5,7-10H2,1-2H3/t12?,13-,14-,16-,17?,18?,19-,20-/m0/s1. The van der Waals surface area contributed by atoms with Gasteiger partial charge in [-0.3, -0.25) is 4.79 Å². The molecule has 0 aromatic carbocycles. The largest absolute Gasteiger partial charge is 0.462 e. The van der Waals surface area contributed by atoms with Crippen LogP contribution in [0.15, 0.2) is 11.6 Å². The Morgan fingerprint density at radius 1 is 1.30 bits per heavy atom. The van der Waals surface area contributed by atoms with Crippen molar-refractivity contribution in [1.29, 1.82) is 0 Å². The molecule has 0 aromatic rings. The number of ether oxygens (including phenoxy) is 3. The summed E-state index contributed by atoms with van der Waals surface area (Å²) in [6.45, 7) is 4.29. The fourth-order valence-corrected chi connectivity index (χ4v) is 5.88. The van der Waals surface area contributed by atoms with Gasteiger partial charge in [-0.25, -0.2) is 0 Å². The molecule has 2 heterocycles. The van der Waals surface area contributed by atoms with Crippen LogP contribution in [-0.4, -0.2) is 65.7 Å². The predicted octanol–water partition coefficient (Wildman–Crippen LogP) is 0.758. The molecule has 3 N–H and O–H groups in total. The Hall–Kier alpha value is -0.990. The summed E-state index contributed by atoms with van der Waals surface area (Å²) in [5.74, 6) is -0.486. The molecule has 3 unspecified atom stereocenters. The first kappa shape index (κ1) is 19.3. The highest BCUT2D eigenvalue weighted by atomic mass is 16.6. The van der Waals surface area contributed by atoms with Crippen molar-refractivity contribution in [2.24, 2.45) is 22.7 Å². The molecule has 4 aliphatic rings. The molecule has 0 amide bonds. The Morgan fingerprint density at radius 3 is 2.78 bits per heavy atom. The minimum Gasteiger partial charge on any atom is -0.462 e. The summed E-state index contributed by atoms with van der Waals surface area (Å²) in [5, 5.41) is 31.1. The van der Waals surface area contributed by atoms with Gasteiger partial charge < -0.3 is 29.5 Å². The number of esters is 1. The Bertz CT molecular complexity index is 634.